The third-order valence-corrected chi connectivity index (χ3v) is 4.67. The highest BCUT2D eigenvalue weighted by atomic mass is 16.7. The predicted molar refractivity (Wildman–Crippen MR) is 111 cm³/mol. The van der Waals surface area contributed by atoms with Crippen LogP contribution in [0.1, 0.15) is 0 Å². The summed E-state index contributed by atoms with van der Waals surface area (Å²) in [6.07, 6.45) is -0.832. The summed E-state index contributed by atoms with van der Waals surface area (Å²) in [6.45, 7) is 0. The molecule has 0 spiro atoms. The van der Waals surface area contributed by atoms with Crippen LogP contribution in [-0.2, 0) is 0 Å². The Labute approximate surface area is 166 Å². The van der Waals surface area contributed by atoms with Crippen molar-refractivity contribution in [3.8, 4) is 22.9 Å². The smallest absolute Gasteiger partial charge is 0.395 e. The maximum absolute atomic E-state index is 12.4. The minimum atomic E-state index is -0.832. The SMILES string of the molecule is O=C(Oc1ccccc1)Oc1nn2c(-c3ccccc3)ccc2c2ccccc12. The van der Waals surface area contributed by atoms with Crippen LogP contribution in [0.3, 0.4) is 0 Å². The molecule has 140 valence electrons. The first-order valence-electron chi connectivity index (χ1n) is 9.20. The first-order valence-corrected chi connectivity index (χ1v) is 9.20. The van der Waals surface area contributed by atoms with Crippen molar-refractivity contribution in [2.24, 2.45) is 0 Å². The van der Waals surface area contributed by atoms with E-state index < -0.39 is 6.16 Å². The first kappa shape index (κ1) is 17.0. The van der Waals surface area contributed by atoms with Crippen LogP contribution in [0.4, 0.5) is 4.79 Å². The van der Waals surface area contributed by atoms with Crippen LogP contribution in [0.2, 0.25) is 0 Å². The van der Waals surface area contributed by atoms with Gasteiger partial charge in [0.25, 0.3) is 5.88 Å². The maximum Gasteiger partial charge on any atom is 0.520 e. The number of hydrogen-bond donors (Lipinski definition) is 0. The Kier molecular flexibility index (Phi) is 4.18. The molecule has 5 heteroatoms. The van der Waals surface area contributed by atoms with Gasteiger partial charge in [-0.1, -0.05) is 66.7 Å². The third-order valence-electron chi connectivity index (χ3n) is 4.67. The molecule has 0 aliphatic carbocycles. The summed E-state index contributed by atoms with van der Waals surface area (Å²) in [5, 5.41) is 6.29. The van der Waals surface area contributed by atoms with E-state index in [9.17, 15) is 4.79 Å². The average Bonchev–Trinajstić information content (AvgIpc) is 3.19. The van der Waals surface area contributed by atoms with Gasteiger partial charge in [0, 0.05) is 16.3 Å². The molecule has 0 aliphatic rings. The monoisotopic (exact) mass is 380 g/mol. The third kappa shape index (κ3) is 3.19. The lowest BCUT2D eigenvalue weighted by Crippen LogP contribution is -2.15. The van der Waals surface area contributed by atoms with E-state index in [1.807, 2.05) is 72.8 Å². The molecule has 5 nitrogen and oxygen atoms in total. The van der Waals surface area contributed by atoms with Crippen LogP contribution < -0.4 is 9.47 Å². The van der Waals surface area contributed by atoms with E-state index in [-0.39, 0.29) is 5.88 Å². The summed E-state index contributed by atoms with van der Waals surface area (Å²) >= 11 is 0. The molecule has 0 aliphatic heterocycles. The molecule has 2 heterocycles. The van der Waals surface area contributed by atoms with E-state index in [4.69, 9.17) is 9.47 Å². The number of rotatable bonds is 3. The minimum Gasteiger partial charge on any atom is -0.395 e. The average molecular weight is 380 g/mol. The zero-order valence-corrected chi connectivity index (χ0v) is 15.4. The van der Waals surface area contributed by atoms with Crippen LogP contribution >= 0.6 is 0 Å². The molecule has 0 unspecified atom stereocenters. The van der Waals surface area contributed by atoms with E-state index >= 15 is 0 Å². The zero-order valence-electron chi connectivity index (χ0n) is 15.4. The van der Waals surface area contributed by atoms with Crippen molar-refractivity contribution >= 4 is 22.4 Å². The Morgan fingerprint density at radius 1 is 0.690 bits per heavy atom. The number of para-hydroxylation sites is 1. The van der Waals surface area contributed by atoms with Crippen LogP contribution in [-0.4, -0.2) is 15.8 Å². The Morgan fingerprint density at radius 3 is 2.10 bits per heavy atom. The highest BCUT2D eigenvalue weighted by Gasteiger charge is 2.17. The Morgan fingerprint density at radius 2 is 1.34 bits per heavy atom. The van der Waals surface area contributed by atoms with Crippen LogP contribution in [0, 0.1) is 0 Å². The highest BCUT2D eigenvalue weighted by molar-refractivity contribution is 6.00. The lowest BCUT2D eigenvalue weighted by atomic mass is 10.1. The maximum atomic E-state index is 12.4. The van der Waals surface area contributed by atoms with Gasteiger partial charge in [-0.15, -0.1) is 5.10 Å². The largest absolute Gasteiger partial charge is 0.520 e. The van der Waals surface area contributed by atoms with E-state index in [1.165, 1.54) is 0 Å². The Balaban J connectivity index is 1.61. The van der Waals surface area contributed by atoms with Crippen LogP contribution in [0.15, 0.2) is 97.1 Å². The fourth-order valence-corrected chi connectivity index (χ4v) is 3.37. The molecule has 0 amide bonds. The molecule has 0 atom stereocenters. The summed E-state index contributed by atoms with van der Waals surface area (Å²) in [6, 6.07) is 30.5. The van der Waals surface area contributed by atoms with Gasteiger partial charge in [-0.05, 0) is 30.3 Å². The van der Waals surface area contributed by atoms with Crippen LogP contribution in [0.25, 0.3) is 27.5 Å². The Bertz CT molecular complexity index is 1310. The Hall–Kier alpha value is -4.12. The van der Waals surface area contributed by atoms with Gasteiger partial charge in [0.1, 0.15) is 5.75 Å². The predicted octanol–water partition coefficient (Wildman–Crippen LogP) is 5.73. The normalized spacial score (nSPS) is 10.9. The van der Waals surface area contributed by atoms with Gasteiger partial charge >= 0.3 is 6.16 Å². The van der Waals surface area contributed by atoms with Crippen molar-refractivity contribution in [3.05, 3.63) is 97.1 Å². The highest BCUT2D eigenvalue weighted by Crippen LogP contribution is 2.31. The number of fused-ring (bicyclic) bond motifs is 3. The number of benzene rings is 3. The number of ether oxygens (including phenoxy) is 2. The standard InChI is InChI=1S/C24H16N2O3/c27-24(28-18-11-5-2-6-12-18)29-23-20-14-8-7-13-19(20)22-16-15-21(26(22)25-23)17-9-3-1-4-10-17/h1-16H. The molecule has 0 N–H and O–H groups in total. The van der Waals surface area contributed by atoms with Crippen molar-refractivity contribution in [1.82, 2.24) is 9.61 Å². The van der Waals surface area contributed by atoms with Gasteiger partial charge in [-0.3, -0.25) is 0 Å². The summed E-state index contributed by atoms with van der Waals surface area (Å²) in [4.78, 5) is 12.4. The topological polar surface area (TPSA) is 52.8 Å². The van der Waals surface area contributed by atoms with Gasteiger partial charge < -0.3 is 9.47 Å². The van der Waals surface area contributed by atoms with Crippen LogP contribution in [0.5, 0.6) is 11.6 Å². The second kappa shape index (κ2) is 7.13. The molecule has 3 aromatic carbocycles. The molecule has 0 saturated heterocycles. The van der Waals surface area contributed by atoms with Crippen molar-refractivity contribution in [2.75, 3.05) is 0 Å². The summed E-state index contributed by atoms with van der Waals surface area (Å²) < 4.78 is 12.6. The lowest BCUT2D eigenvalue weighted by Gasteiger charge is -2.10. The molecule has 0 bridgehead atoms. The summed E-state index contributed by atoms with van der Waals surface area (Å²) in [5.74, 6) is 0.608. The molecule has 29 heavy (non-hydrogen) atoms. The molecule has 0 saturated carbocycles. The molecular weight excluding hydrogens is 364 g/mol. The van der Waals surface area contributed by atoms with Gasteiger partial charge in [0.2, 0.25) is 0 Å². The molecule has 5 rings (SSSR count). The van der Waals surface area contributed by atoms with Gasteiger partial charge in [-0.2, -0.15) is 0 Å². The number of aromatic nitrogens is 2. The quantitative estimate of drug-likeness (QED) is 0.296. The van der Waals surface area contributed by atoms with E-state index in [0.717, 1.165) is 27.5 Å². The summed E-state index contributed by atoms with van der Waals surface area (Å²) in [7, 11) is 0. The molecule has 0 radical (unpaired) electrons. The second-order valence-corrected chi connectivity index (χ2v) is 6.50. The zero-order chi connectivity index (χ0) is 19.6. The number of carbonyl (C=O) groups excluding carboxylic acids is 1. The molecule has 0 fully saturated rings. The second-order valence-electron chi connectivity index (χ2n) is 6.50. The molecular formula is C24H16N2O3. The molecule has 2 aromatic heterocycles. The van der Waals surface area contributed by atoms with E-state index in [2.05, 4.69) is 5.10 Å². The number of nitrogens with zero attached hydrogens (tertiary/aromatic N) is 2. The van der Waals surface area contributed by atoms with Gasteiger partial charge in [0.15, 0.2) is 0 Å². The minimum absolute atomic E-state index is 0.197. The van der Waals surface area contributed by atoms with Crippen molar-refractivity contribution < 1.29 is 14.3 Å². The summed E-state index contributed by atoms with van der Waals surface area (Å²) in [5.41, 5.74) is 2.86. The van der Waals surface area contributed by atoms with E-state index in [1.54, 1.807) is 28.8 Å². The number of hydrogen-bond acceptors (Lipinski definition) is 4. The van der Waals surface area contributed by atoms with Gasteiger partial charge in [-0.25, -0.2) is 9.31 Å². The fourth-order valence-electron chi connectivity index (χ4n) is 3.37. The van der Waals surface area contributed by atoms with Gasteiger partial charge in [0.05, 0.1) is 11.2 Å². The van der Waals surface area contributed by atoms with E-state index in [0.29, 0.717) is 5.75 Å². The van der Waals surface area contributed by atoms with Crippen molar-refractivity contribution in [3.63, 3.8) is 0 Å². The molecule has 5 aromatic rings. The van der Waals surface area contributed by atoms with Crippen molar-refractivity contribution in [2.45, 2.75) is 0 Å². The lowest BCUT2D eigenvalue weighted by molar-refractivity contribution is 0.150. The fraction of sp³-hybridized carbons (Fsp3) is 0. The van der Waals surface area contributed by atoms with Crippen molar-refractivity contribution in [1.29, 1.82) is 0 Å². The first-order chi connectivity index (χ1) is 14.3. The number of carbonyl (C=O) groups is 1.